The van der Waals surface area contributed by atoms with E-state index >= 15 is 0 Å². The van der Waals surface area contributed by atoms with Crippen LogP contribution in [0.25, 0.3) is 0 Å². The number of hydrogen-bond acceptors (Lipinski definition) is 3. The Balaban J connectivity index is 2.26. The zero-order valence-corrected chi connectivity index (χ0v) is 12.2. The van der Waals surface area contributed by atoms with Crippen molar-refractivity contribution in [3.63, 3.8) is 0 Å². The summed E-state index contributed by atoms with van der Waals surface area (Å²) in [5.41, 5.74) is 0.722. The maximum absolute atomic E-state index is 12.6. The molecule has 1 heterocycles. The molecule has 1 fully saturated rings. The molecule has 1 saturated heterocycles. The van der Waals surface area contributed by atoms with Gasteiger partial charge in [0.05, 0.1) is 11.5 Å². The third-order valence-electron chi connectivity index (χ3n) is 3.79. The number of sulfonamides is 1. The van der Waals surface area contributed by atoms with Gasteiger partial charge in [0.25, 0.3) is 0 Å². The molecule has 1 N–H and O–H groups in total. The van der Waals surface area contributed by atoms with Gasteiger partial charge in [-0.1, -0.05) is 19.1 Å². The summed E-state index contributed by atoms with van der Waals surface area (Å²) in [6.45, 7) is 4.65. The van der Waals surface area contributed by atoms with Gasteiger partial charge >= 0.3 is 0 Å². The van der Waals surface area contributed by atoms with E-state index in [0.717, 1.165) is 18.4 Å². The van der Waals surface area contributed by atoms with Crippen molar-refractivity contribution in [2.24, 2.45) is 5.92 Å². The Morgan fingerprint density at radius 3 is 2.42 bits per heavy atom. The van der Waals surface area contributed by atoms with Crippen LogP contribution in [0.2, 0.25) is 0 Å². The van der Waals surface area contributed by atoms with E-state index in [2.05, 4.69) is 6.92 Å². The summed E-state index contributed by atoms with van der Waals surface area (Å²) >= 11 is 0. The highest BCUT2D eigenvalue weighted by Crippen LogP contribution is 2.28. The van der Waals surface area contributed by atoms with Gasteiger partial charge in [-0.2, -0.15) is 4.31 Å². The van der Waals surface area contributed by atoms with E-state index in [-0.39, 0.29) is 12.6 Å². The molecule has 0 radical (unpaired) electrons. The van der Waals surface area contributed by atoms with Crippen molar-refractivity contribution in [1.29, 1.82) is 0 Å². The van der Waals surface area contributed by atoms with Gasteiger partial charge in [-0.15, -0.1) is 0 Å². The van der Waals surface area contributed by atoms with Crippen LogP contribution >= 0.6 is 0 Å². The molecule has 1 aliphatic heterocycles. The first-order valence-corrected chi connectivity index (χ1v) is 8.11. The first kappa shape index (κ1) is 14.5. The monoisotopic (exact) mass is 283 g/mol. The van der Waals surface area contributed by atoms with E-state index in [4.69, 9.17) is 5.11 Å². The smallest absolute Gasteiger partial charge is 0.243 e. The van der Waals surface area contributed by atoms with Crippen LogP contribution in [0.15, 0.2) is 29.2 Å². The summed E-state index contributed by atoms with van der Waals surface area (Å²) in [5, 5.41) is 8.99. The lowest BCUT2D eigenvalue weighted by molar-refractivity contribution is 0.220. The summed E-state index contributed by atoms with van der Waals surface area (Å²) in [4.78, 5) is 0.311. The van der Waals surface area contributed by atoms with Crippen LogP contribution in [0.3, 0.4) is 0 Å². The molecular weight excluding hydrogens is 262 g/mol. The fourth-order valence-electron chi connectivity index (χ4n) is 2.65. The molecule has 5 heteroatoms. The van der Waals surface area contributed by atoms with Gasteiger partial charge in [0.15, 0.2) is 0 Å². The lowest BCUT2D eigenvalue weighted by atomic mass is 9.95. The minimum absolute atomic E-state index is 0.0475. The van der Waals surface area contributed by atoms with Gasteiger partial charge in [-0.3, -0.25) is 0 Å². The first-order chi connectivity index (χ1) is 8.95. The molecule has 0 bridgehead atoms. The summed E-state index contributed by atoms with van der Waals surface area (Å²) in [6, 6.07) is 6.51. The summed E-state index contributed by atoms with van der Waals surface area (Å²) < 4.78 is 26.7. The minimum atomic E-state index is -3.41. The van der Waals surface area contributed by atoms with Crippen LogP contribution in [-0.4, -0.2) is 30.4 Å². The van der Waals surface area contributed by atoms with Crippen molar-refractivity contribution in [1.82, 2.24) is 4.31 Å². The number of piperidine rings is 1. The molecule has 1 aromatic carbocycles. The van der Waals surface area contributed by atoms with E-state index in [1.54, 1.807) is 28.6 Å². The molecule has 1 aliphatic rings. The normalized spacial score (nSPS) is 25.4. The molecular formula is C14H21NO3S. The molecule has 0 amide bonds. The fraction of sp³-hybridized carbons (Fsp3) is 0.571. The minimum Gasteiger partial charge on any atom is -0.392 e. The van der Waals surface area contributed by atoms with Crippen LogP contribution in [0, 0.1) is 5.92 Å². The second kappa shape index (κ2) is 5.61. The number of aliphatic hydroxyl groups excluding tert-OH is 1. The van der Waals surface area contributed by atoms with E-state index in [9.17, 15) is 8.42 Å². The van der Waals surface area contributed by atoms with E-state index in [0.29, 0.717) is 17.4 Å². The highest BCUT2D eigenvalue weighted by Gasteiger charge is 2.32. The molecule has 0 aromatic heterocycles. The van der Waals surface area contributed by atoms with Crippen molar-refractivity contribution in [3.8, 4) is 0 Å². The molecule has 4 nitrogen and oxygen atoms in total. The number of rotatable bonds is 3. The predicted octanol–water partition coefficient (Wildman–Crippen LogP) is 1.99. The highest BCUT2D eigenvalue weighted by molar-refractivity contribution is 7.89. The second-order valence-corrected chi connectivity index (χ2v) is 7.29. The third kappa shape index (κ3) is 2.99. The van der Waals surface area contributed by atoms with Crippen LogP contribution in [-0.2, 0) is 16.6 Å². The number of aliphatic hydroxyl groups is 1. The van der Waals surface area contributed by atoms with Gasteiger partial charge in [0.2, 0.25) is 10.0 Å². The average Bonchev–Trinajstić information content (AvgIpc) is 2.38. The SMILES string of the molecule is CC1CCN(S(=O)(=O)c2ccc(CO)cc2)C(C)C1. The lowest BCUT2D eigenvalue weighted by Gasteiger charge is -2.35. The average molecular weight is 283 g/mol. The van der Waals surface area contributed by atoms with E-state index < -0.39 is 10.0 Å². The first-order valence-electron chi connectivity index (χ1n) is 6.67. The standard InChI is InChI=1S/C14H21NO3S/c1-11-7-8-15(12(2)9-11)19(17,18)14-5-3-13(10-16)4-6-14/h3-6,11-12,16H,7-10H2,1-2H3. The second-order valence-electron chi connectivity index (χ2n) is 5.40. The van der Waals surface area contributed by atoms with Crippen molar-refractivity contribution in [2.45, 2.75) is 44.2 Å². The fourth-order valence-corrected chi connectivity index (χ4v) is 4.30. The maximum atomic E-state index is 12.6. The molecule has 2 rings (SSSR count). The largest absolute Gasteiger partial charge is 0.392 e. The Hall–Kier alpha value is -0.910. The van der Waals surface area contributed by atoms with Crippen LogP contribution in [0.1, 0.15) is 32.3 Å². The van der Waals surface area contributed by atoms with Gasteiger partial charge < -0.3 is 5.11 Å². The summed E-state index contributed by atoms with van der Waals surface area (Å²) in [5.74, 6) is 0.582. The van der Waals surface area contributed by atoms with Crippen molar-refractivity contribution in [2.75, 3.05) is 6.54 Å². The Morgan fingerprint density at radius 2 is 1.89 bits per heavy atom. The van der Waals surface area contributed by atoms with Gasteiger partial charge in [-0.25, -0.2) is 8.42 Å². The Kier molecular flexibility index (Phi) is 4.28. The molecule has 2 atom stereocenters. The van der Waals surface area contributed by atoms with Gasteiger partial charge in [-0.05, 0) is 43.4 Å². The van der Waals surface area contributed by atoms with Crippen molar-refractivity contribution in [3.05, 3.63) is 29.8 Å². The van der Waals surface area contributed by atoms with Crippen LogP contribution in [0.4, 0.5) is 0 Å². The highest BCUT2D eigenvalue weighted by atomic mass is 32.2. The number of hydrogen-bond donors (Lipinski definition) is 1. The van der Waals surface area contributed by atoms with Crippen molar-refractivity contribution < 1.29 is 13.5 Å². The van der Waals surface area contributed by atoms with Crippen LogP contribution < -0.4 is 0 Å². The maximum Gasteiger partial charge on any atom is 0.243 e. The molecule has 2 unspecified atom stereocenters. The molecule has 19 heavy (non-hydrogen) atoms. The number of benzene rings is 1. The Bertz CT molecular complexity index is 524. The molecule has 0 aliphatic carbocycles. The topological polar surface area (TPSA) is 57.6 Å². The molecule has 0 saturated carbocycles. The third-order valence-corrected chi connectivity index (χ3v) is 5.82. The van der Waals surface area contributed by atoms with Gasteiger partial charge in [0.1, 0.15) is 0 Å². The lowest BCUT2D eigenvalue weighted by Crippen LogP contribution is -2.44. The van der Waals surface area contributed by atoms with E-state index in [1.165, 1.54) is 0 Å². The summed E-state index contributed by atoms with van der Waals surface area (Å²) in [6.07, 6.45) is 1.83. The zero-order chi connectivity index (χ0) is 14.0. The Labute approximate surface area is 115 Å². The zero-order valence-electron chi connectivity index (χ0n) is 11.4. The Morgan fingerprint density at radius 1 is 1.26 bits per heavy atom. The predicted molar refractivity (Wildman–Crippen MR) is 74.1 cm³/mol. The molecule has 1 aromatic rings. The van der Waals surface area contributed by atoms with E-state index in [1.807, 2.05) is 6.92 Å². The van der Waals surface area contributed by atoms with Crippen molar-refractivity contribution >= 4 is 10.0 Å². The quantitative estimate of drug-likeness (QED) is 0.923. The van der Waals surface area contributed by atoms with Crippen LogP contribution in [0.5, 0.6) is 0 Å². The summed E-state index contributed by atoms with van der Waals surface area (Å²) in [7, 11) is -3.41. The molecule has 0 spiro atoms. The molecule has 106 valence electrons. The van der Waals surface area contributed by atoms with Gasteiger partial charge in [0, 0.05) is 12.6 Å². The number of nitrogens with zero attached hydrogens (tertiary/aromatic N) is 1.